The highest BCUT2D eigenvalue weighted by Crippen LogP contribution is 2.37. The molecule has 2 rings (SSSR count). The van der Waals surface area contributed by atoms with E-state index in [0.717, 1.165) is 12.8 Å². The summed E-state index contributed by atoms with van der Waals surface area (Å²) < 4.78 is 67.6. The van der Waals surface area contributed by atoms with Gasteiger partial charge in [-0.2, -0.15) is 0 Å². The zero-order valence-corrected chi connectivity index (χ0v) is 11.3. The lowest BCUT2D eigenvalue weighted by Gasteiger charge is -2.31. The van der Waals surface area contributed by atoms with Crippen molar-refractivity contribution in [3.8, 4) is 0 Å². The monoisotopic (exact) mass is 293 g/mol. The fourth-order valence-corrected chi connectivity index (χ4v) is 2.84. The molecular weight excluding hydrogens is 277 g/mol. The third-order valence-electron chi connectivity index (χ3n) is 3.71. The van der Waals surface area contributed by atoms with E-state index in [1.54, 1.807) is 18.7 Å². The van der Waals surface area contributed by atoms with Crippen LogP contribution in [-0.4, -0.2) is 18.0 Å². The van der Waals surface area contributed by atoms with Gasteiger partial charge in [-0.15, -0.1) is 0 Å². The first-order valence-corrected chi connectivity index (χ1v) is 6.61. The predicted octanol–water partition coefficient (Wildman–Crippen LogP) is 4.18. The van der Waals surface area contributed by atoms with E-state index in [1.807, 2.05) is 0 Å². The van der Waals surface area contributed by atoms with Crippen molar-refractivity contribution < 1.29 is 22.0 Å². The standard InChI is InChI=1S/C14H16F5N/c1-7(2)14(20-5-3-4-6-20)8-9(15)11(17)13(19)12(18)10(8)16/h7,14H,3-6H2,1-2H3. The first-order chi connectivity index (χ1) is 9.36. The number of rotatable bonds is 3. The van der Waals surface area contributed by atoms with Crippen molar-refractivity contribution in [2.75, 3.05) is 13.1 Å². The Hall–Kier alpha value is -1.17. The van der Waals surface area contributed by atoms with Crippen LogP contribution in [0.15, 0.2) is 0 Å². The van der Waals surface area contributed by atoms with Gasteiger partial charge < -0.3 is 0 Å². The number of hydrogen-bond acceptors (Lipinski definition) is 1. The van der Waals surface area contributed by atoms with Gasteiger partial charge in [0, 0.05) is 11.6 Å². The smallest absolute Gasteiger partial charge is 0.200 e. The molecule has 1 fully saturated rings. The molecule has 1 saturated heterocycles. The Balaban J connectivity index is 2.59. The van der Waals surface area contributed by atoms with Crippen molar-refractivity contribution in [2.24, 2.45) is 5.92 Å². The van der Waals surface area contributed by atoms with Crippen LogP contribution >= 0.6 is 0 Å². The Kier molecular flexibility index (Phi) is 4.32. The average molecular weight is 293 g/mol. The topological polar surface area (TPSA) is 3.24 Å². The van der Waals surface area contributed by atoms with E-state index >= 15 is 0 Å². The molecule has 6 heteroatoms. The van der Waals surface area contributed by atoms with Crippen LogP contribution in [0, 0.1) is 35.0 Å². The Morgan fingerprint density at radius 2 is 1.15 bits per heavy atom. The van der Waals surface area contributed by atoms with E-state index < -0.39 is 40.7 Å². The van der Waals surface area contributed by atoms with Crippen molar-refractivity contribution in [1.29, 1.82) is 0 Å². The zero-order valence-electron chi connectivity index (χ0n) is 11.3. The van der Waals surface area contributed by atoms with Crippen LogP contribution < -0.4 is 0 Å². The van der Waals surface area contributed by atoms with Crippen molar-refractivity contribution in [2.45, 2.75) is 32.7 Å². The van der Waals surface area contributed by atoms with Crippen molar-refractivity contribution in [3.05, 3.63) is 34.6 Å². The summed E-state index contributed by atoms with van der Waals surface area (Å²) in [5.74, 6) is -9.54. The summed E-state index contributed by atoms with van der Waals surface area (Å²) in [6.07, 6.45) is 1.72. The Labute approximate surface area is 114 Å². The van der Waals surface area contributed by atoms with Gasteiger partial charge in [-0.25, -0.2) is 22.0 Å². The van der Waals surface area contributed by atoms with Crippen LogP contribution in [0.5, 0.6) is 0 Å². The maximum Gasteiger partial charge on any atom is 0.200 e. The molecule has 0 spiro atoms. The van der Waals surface area contributed by atoms with E-state index in [1.165, 1.54) is 0 Å². The SMILES string of the molecule is CC(C)C(c1c(F)c(F)c(F)c(F)c1F)N1CCCC1. The van der Waals surface area contributed by atoms with Gasteiger partial charge in [-0.1, -0.05) is 13.8 Å². The van der Waals surface area contributed by atoms with Crippen LogP contribution in [0.1, 0.15) is 38.3 Å². The molecule has 1 aromatic carbocycles. The molecule has 0 bridgehead atoms. The second kappa shape index (κ2) is 5.68. The van der Waals surface area contributed by atoms with Crippen LogP contribution in [0.2, 0.25) is 0 Å². The summed E-state index contributed by atoms with van der Waals surface area (Å²) in [5.41, 5.74) is -0.710. The molecule has 1 nitrogen and oxygen atoms in total. The molecule has 1 atom stereocenters. The average Bonchev–Trinajstić information content (AvgIpc) is 2.92. The zero-order chi connectivity index (χ0) is 15.0. The highest BCUT2D eigenvalue weighted by Gasteiger charge is 2.35. The molecule has 0 N–H and O–H groups in total. The molecule has 0 aliphatic carbocycles. The number of halogens is 5. The molecule has 1 unspecified atom stereocenters. The summed E-state index contributed by atoms with van der Waals surface area (Å²) in [6.45, 7) is 4.62. The predicted molar refractivity (Wildman–Crippen MR) is 64.6 cm³/mol. The molecule has 1 aromatic rings. The van der Waals surface area contributed by atoms with Gasteiger partial charge >= 0.3 is 0 Å². The maximum absolute atomic E-state index is 13.9. The van der Waals surface area contributed by atoms with Gasteiger partial charge in [0.15, 0.2) is 23.3 Å². The van der Waals surface area contributed by atoms with Gasteiger partial charge in [0.25, 0.3) is 0 Å². The van der Waals surface area contributed by atoms with Crippen molar-refractivity contribution in [3.63, 3.8) is 0 Å². The first kappa shape index (κ1) is 15.2. The summed E-state index contributed by atoms with van der Waals surface area (Å²) in [7, 11) is 0. The van der Waals surface area contributed by atoms with Gasteiger partial charge in [0.05, 0.1) is 0 Å². The third kappa shape index (κ3) is 2.41. The molecule has 1 aliphatic heterocycles. The molecular formula is C14H16F5N. The molecule has 0 aromatic heterocycles. The van der Waals surface area contributed by atoms with E-state index in [4.69, 9.17) is 0 Å². The normalized spacial score (nSPS) is 18.0. The van der Waals surface area contributed by atoms with Crippen LogP contribution in [0.4, 0.5) is 22.0 Å². The Bertz CT molecular complexity index is 480. The minimum absolute atomic E-state index is 0.263. The van der Waals surface area contributed by atoms with Crippen molar-refractivity contribution >= 4 is 0 Å². The molecule has 0 amide bonds. The lowest BCUT2D eigenvalue weighted by molar-refractivity contribution is 0.179. The van der Waals surface area contributed by atoms with Crippen LogP contribution in [0.3, 0.4) is 0 Å². The molecule has 112 valence electrons. The highest BCUT2D eigenvalue weighted by molar-refractivity contribution is 5.27. The second-order valence-electron chi connectivity index (χ2n) is 5.42. The fourth-order valence-electron chi connectivity index (χ4n) is 2.84. The summed E-state index contributed by atoms with van der Waals surface area (Å²) in [6, 6.07) is -0.804. The number of hydrogen-bond donors (Lipinski definition) is 0. The van der Waals surface area contributed by atoms with E-state index in [-0.39, 0.29) is 5.92 Å². The molecule has 1 aliphatic rings. The number of benzene rings is 1. The molecule has 1 heterocycles. The van der Waals surface area contributed by atoms with E-state index in [0.29, 0.717) is 13.1 Å². The number of likely N-dealkylation sites (tertiary alicyclic amines) is 1. The second-order valence-corrected chi connectivity index (χ2v) is 5.42. The highest BCUT2D eigenvalue weighted by atomic mass is 19.2. The Morgan fingerprint density at radius 1 is 0.750 bits per heavy atom. The summed E-state index contributed by atoms with van der Waals surface area (Å²) >= 11 is 0. The van der Waals surface area contributed by atoms with Gasteiger partial charge in [0.1, 0.15) is 0 Å². The molecule has 20 heavy (non-hydrogen) atoms. The Morgan fingerprint density at radius 3 is 1.55 bits per heavy atom. The third-order valence-corrected chi connectivity index (χ3v) is 3.71. The lowest BCUT2D eigenvalue weighted by Crippen LogP contribution is -2.31. The van der Waals surface area contributed by atoms with Crippen molar-refractivity contribution in [1.82, 2.24) is 4.90 Å². The van der Waals surface area contributed by atoms with E-state index in [2.05, 4.69) is 0 Å². The molecule has 0 radical (unpaired) electrons. The van der Waals surface area contributed by atoms with Gasteiger partial charge in [-0.05, 0) is 31.8 Å². The lowest BCUT2D eigenvalue weighted by atomic mass is 9.93. The minimum Gasteiger partial charge on any atom is -0.296 e. The van der Waals surface area contributed by atoms with Gasteiger partial charge in [0.2, 0.25) is 5.82 Å². The minimum atomic E-state index is -2.10. The van der Waals surface area contributed by atoms with Gasteiger partial charge in [-0.3, -0.25) is 4.90 Å². The molecule has 0 saturated carbocycles. The van der Waals surface area contributed by atoms with Crippen LogP contribution in [0.25, 0.3) is 0 Å². The van der Waals surface area contributed by atoms with E-state index in [9.17, 15) is 22.0 Å². The van der Waals surface area contributed by atoms with Crippen LogP contribution in [-0.2, 0) is 0 Å². The largest absolute Gasteiger partial charge is 0.296 e. The summed E-state index contributed by atoms with van der Waals surface area (Å²) in [4.78, 5) is 1.78. The maximum atomic E-state index is 13.9. The quantitative estimate of drug-likeness (QED) is 0.459. The summed E-state index contributed by atoms with van der Waals surface area (Å²) in [5, 5.41) is 0. The first-order valence-electron chi connectivity index (χ1n) is 6.61. The fraction of sp³-hybridized carbons (Fsp3) is 0.571. The number of nitrogens with zero attached hydrogens (tertiary/aromatic N) is 1.